The first-order chi connectivity index (χ1) is 13.8. The molecule has 1 heterocycles. The highest BCUT2D eigenvalue weighted by Gasteiger charge is 2.31. The Labute approximate surface area is 178 Å². The molecule has 0 bridgehead atoms. The summed E-state index contributed by atoms with van der Waals surface area (Å²) in [6.07, 6.45) is 3.32. The predicted octanol–water partition coefficient (Wildman–Crippen LogP) is 3.77. The molecule has 1 aromatic carbocycles. The van der Waals surface area contributed by atoms with Crippen LogP contribution in [0.25, 0.3) is 6.08 Å². The lowest BCUT2D eigenvalue weighted by molar-refractivity contribution is -0.145. The number of carbonyl (C=O) groups excluding carboxylic acids is 1. The van der Waals surface area contributed by atoms with Crippen molar-refractivity contribution in [3.63, 3.8) is 0 Å². The van der Waals surface area contributed by atoms with Gasteiger partial charge in [0, 0.05) is 13.0 Å². The Morgan fingerprint density at radius 3 is 2.48 bits per heavy atom. The standard InChI is InChI=1S/C20H23NO6S2/c1-2-15(19(25)26)27-14-9-7-13(8-10-14)12-16-18(24)21(20(28)29-16)11-5-3-4-6-17(22)23/h7-10,12,15H,2-6,11H2,1H3,(H,22,23)(H,25,26)/b16-12-. The molecule has 2 N–H and O–H groups in total. The third kappa shape index (κ3) is 6.86. The van der Waals surface area contributed by atoms with Gasteiger partial charge >= 0.3 is 11.9 Å². The van der Waals surface area contributed by atoms with Crippen molar-refractivity contribution in [2.75, 3.05) is 6.54 Å². The predicted molar refractivity (Wildman–Crippen MR) is 115 cm³/mol. The average molecular weight is 438 g/mol. The van der Waals surface area contributed by atoms with Crippen molar-refractivity contribution < 1.29 is 29.3 Å². The zero-order valence-electron chi connectivity index (χ0n) is 16.0. The number of carbonyl (C=O) groups is 3. The maximum Gasteiger partial charge on any atom is 0.344 e. The third-order valence-electron chi connectivity index (χ3n) is 4.25. The van der Waals surface area contributed by atoms with Crippen LogP contribution < -0.4 is 4.74 Å². The minimum Gasteiger partial charge on any atom is -0.481 e. The number of hydrogen-bond acceptors (Lipinski definition) is 6. The molecule has 1 atom stereocenters. The Balaban J connectivity index is 1.94. The van der Waals surface area contributed by atoms with E-state index >= 15 is 0 Å². The zero-order valence-corrected chi connectivity index (χ0v) is 17.6. The number of carboxylic acid groups (broad SMARTS) is 2. The number of aliphatic carboxylic acids is 2. The molecule has 1 unspecified atom stereocenters. The molecule has 7 nitrogen and oxygen atoms in total. The van der Waals surface area contributed by atoms with E-state index in [2.05, 4.69) is 0 Å². The Morgan fingerprint density at radius 1 is 1.21 bits per heavy atom. The Bertz CT molecular complexity index is 806. The van der Waals surface area contributed by atoms with Crippen LogP contribution in [-0.4, -0.2) is 49.9 Å². The Hall–Kier alpha value is -2.39. The van der Waals surface area contributed by atoms with Crippen molar-refractivity contribution in [1.29, 1.82) is 0 Å². The third-order valence-corrected chi connectivity index (χ3v) is 5.63. The van der Waals surface area contributed by atoms with Crippen molar-refractivity contribution >= 4 is 52.2 Å². The molecule has 2 rings (SSSR count). The average Bonchev–Trinajstić information content (AvgIpc) is 2.93. The summed E-state index contributed by atoms with van der Waals surface area (Å²) in [6.45, 7) is 2.21. The number of amides is 1. The summed E-state index contributed by atoms with van der Waals surface area (Å²) in [5.41, 5.74) is 0.780. The Kier molecular flexibility index (Phi) is 8.66. The van der Waals surface area contributed by atoms with Crippen LogP contribution in [0.2, 0.25) is 0 Å². The number of rotatable bonds is 11. The van der Waals surface area contributed by atoms with Gasteiger partial charge in [-0.05, 0) is 43.0 Å². The normalized spacial score (nSPS) is 16.3. The SMILES string of the molecule is CCC(Oc1ccc(/C=C2\SC(=S)N(CCCCCC(=O)O)C2=O)cc1)C(=O)O. The number of nitrogens with zero attached hydrogens (tertiary/aromatic N) is 1. The number of benzene rings is 1. The van der Waals surface area contributed by atoms with Crippen LogP contribution in [0.15, 0.2) is 29.2 Å². The fourth-order valence-electron chi connectivity index (χ4n) is 2.68. The van der Waals surface area contributed by atoms with Gasteiger partial charge in [0.2, 0.25) is 0 Å². The van der Waals surface area contributed by atoms with Crippen LogP contribution in [-0.2, 0) is 14.4 Å². The smallest absolute Gasteiger partial charge is 0.344 e. The molecule has 0 aliphatic carbocycles. The first-order valence-corrected chi connectivity index (χ1v) is 10.5. The molecule has 1 aliphatic rings. The fourth-order valence-corrected chi connectivity index (χ4v) is 3.99. The number of hydrogen-bond donors (Lipinski definition) is 2. The monoisotopic (exact) mass is 437 g/mol. The minimum absolute atomic E-state index is 0.128. The van der Waals surface area contributed by atoms with E-state index in [-0.39, 0.29) is 12.3 Å². The van der Waals surface area contributed by atoms with Crippen LogP contribution >= 0.6 is 24.0 Å². The second-order valence-corrected chi connectivity index (χ2v) is 8.14. The summed E-state index contributed by atoms with van der Waals surface area (Å²) in [6, 6.07) is 6.84. The van der Waals surface area contributed by atoms with E-state index in [4.69, 9.17) is 27.2 Å². The molecule has 0 saturated carbocycles. The maximum atomic E-state index is 12.6. The van der Waals surface area contributed by atoms with Gasteiger partial charge in [-0.25, -0.2) is 4.79 Å². The second kappa shape index (κ2) is 11.0. The molecule has 9 heteroatoms. The molecule has 156 valence electrons. The van der Waals surface area contributed by atoms with Crippen LogP contribution in [0.4, 0.5) is 0 Å². The molecule has 1 saturated heterocycles. The molecule has 1 amide bonds. The van der Waals surface area contributed by atoms with Crippen LogP contribution in [0.3, 0.4) is 0 Å². The molecular weight excluding hydrogens is 414 g/mol. The topological polar surface area (TPSA) is 104 Å². The number of thioether (sulfide) groups is 1. The van der Waals surface area contributed by atoms with Gasteiger partial charge in [0.15, 0.2) is 6.10 Å². The first kappa shape index (κ1) is 22.9. The minimum atomic E-state index is -1.01. The first-order valence-electron chi connectivity index (χ1n) is 9.28. The summed E-state index contributed by atoms with van der Waals surface area (Å²) >= 11 is 6.53. The van der Waals surface area contributed by atoms with Crippen LogP contribution in [0, 0.1) is 0 Å². The van der Waals surface area contributed by atoms with Gasteiger partial charge in [0.1, 0.15) is 10.1 Å². The van der Waals surface area contributed by atoms with E-state index in [1.807, 2.05) is 0 Å². The van der Waals surface area contributed by atoms with Gasteiger partial charge in [0.05, 0.1) is 4.91 Å². The Morgan fingerprint density at radius 2 is 1.90 bits per heavy atom. The van der Waals surface area contributed by atoms with E-state index in [0.29, 0.717) is 40.8 Å². The van der Waals surface area contributed by atoms with Crippen molar-refractivity contribution in [3.05, 3.63) is 34.7 Å². The summed E-state index contributed by atoms with van der Waals surface area (Å²) in [5.74, 6) is -1.54. The van der Waals surface area contributed by atoms with Gasteiger partial charge in [-0.3, -0.25) is 14.5 Å². The summed E-state index contributed by atoms with van der Waals surface area (Å²) in [5, 5.41) is 17.7. The highest BCUT2D eigenvalue weighted by Crippen LogP contribution is 2.33. The largest absolute Gasteiger partial charge is 0.481 e. The van der Waals surface area contributed by atoms with E-state index in [1.54, 1.807) is 42.2 Å². The van der Waals surface area contributed by atoms with Gasteiger partial charge in [0.25, 0.3) is 5.91 Å². The molecule has 0 spiro atoms. The molecule has 29 heavy (non-hydrogen) atoms. The summed E-state index contributed by atoms with van der Waals surface area (Å²) in [7, 11) is 0. The summed E-state index contributed by atoms with van der Waals surface area (Å²) in [4.78, 5) is 36.2. The highest BCUT2D eigenvalue weighted by molar-refractivity contribution is 8.26. The fraction of sp³-hybridized carbons (Fsp3) is 0.400. The highest BCUT2D eigenvalue weighted by atomic mass is 32.2. The lowest BCUT2D eigenvalue weighted by atomic mass is 10.2. The number of ether oxygens (including phenoxy) is 1. The van der Waals surface area contributed by atoms with Crippen molar-refractivity contribution in [2.45, 2.75) is 45.1 Å². The molecule has 0 aromatic heterocycles. The van der Waals surface area contributed by atoms with Crippen molar-refractivity contribution in [2.24, 2.45) is 0 Å². The van der Waals surface area contributed by atoms with E-state index < -0.39 is 18.0 Å². The van der Waals surface area contributed by atoms with Crippen LogP contribution in [0.5, 0.6) is 5.75 Å². The van der Waals surface area contributed by atoms with Crippen LogP contribution in [0.1, 0.15) is 44.6 Å². The molecule has 1 fully saturated rings. The van der Waals surface area contributed by atoms with E-state index in [9.17, 15) is 14.4 Å². The van der Waals surface area contributed by atoms with Gasteiger partial charge in [-0.1, -0.05) is 49.5 Å². The molecule has 0 radical (unpaired) electrons. The molecule has 1 aliphatic heterocycles. The van der Waals surface area contributed by atoms with Crippen molar-refractivity contribution in [3.8, 4) is 5.75 Å². The van der Waals surface area contributed by atoms with E-state index in [0.717, 1.165) is 12.0 Å². The maximum absolute atomic E-state index is 12.6. The van der Waals surface area contributed by atoms with Crippen molar-refractivity contribution in [1.82, 2.24) is 4.90 Å². The van der Waals surface area contributed by atoms with Gasteiger partial charge < -0.3 is 14.9 Å². The van der Waals surface area contributed by atoms with E-state index in [1.165, 1.54) is 11.8 Å². The lowest BCUT2D eigenvalue weighted by Gasteiger charge is -2.14. The molecule has 1 aromatic rings. The number of thiocarbonyl (C=S) groups is 1. The van der Waals surface area contributed by atoms with Gasteiger partial charge in [-0.15, -0.1) is 0 Å². The lowest BCUT2D eigenvalue weighted by Crippen LogP contribution is -2.29. The number of unbranched alkanes of at least 4 members (excludes halogenated alkanes) is 2. The summed E-state index contributed by atoms with van der Waals surface area (Å²) < 4.78 is 5.92. The van der Waals surface area contributed by atoms with Gasteiger partial charge in [-0.2, -0.15) is 0 Å². The quantitative estimate of drug-likeness (QED) is 0.306. The number of carboxylic acids is 2. The molecular formula is C20H23NO6S2. The zero-order chi connectivity index (χ0) is 21.4. The second-order valence-electron chi connectivity index (χ2n) is 6.46.